The average Bonchev–Trinajstić information content (AvgIpc) is 3.30. The molecule has 0 radical (unpaired) electrons. The van der Waals surface area contributed by atoms with E-state index in [0.29, 0.717) is 55.5 Å². The van der Waals surface area contributed by atoms with Crippen LogP contribution in [0.3, 0.4) is 0 Å². The predicted octanol–water partition coefficient (Wildman–Crippen LogP) is 4.92. The van der Waals surface area contributed by atoms with Crippen molar-refractivity contribution in [1.82, 2.24) is 14.6 Å². The smallest absolute Gasteiger partial charge is 0.299 e. The van der Waals surface area contributed by atoms with E-state index in [9.17, 15) is 22.4 Å². The van der Waals surface area contributed by atoms with E-state index in [1.165, 1.54) is 12.1 Å². The summed E-state index contributed by atoms with van der Waals surface area (Å²) in [7, 11) is -3.84. The molecule has 2 aromatic heterocycles. The van der Waals surface area contributed by atoms with E-state index in [2.05, 4.69) is 14.8 Å². The number of aromatic nitrogens is 1. The fraction of sp³-hybridized carbons (Fsp3) is 0.259. The van der Waals surface area contributed by atoms with Crippen LogP contribution in [0.15, 0.2) is 47.4 Å². The molecule has 0 saturated carbocycles. The van der Waals surface area contributed by atoms with Gasteiger partial charge in [0.2, 0.25) is 5.43 Å². The molecule has 0 atom stereocenters. The number of anilines is 1. The molecule has 0 fully saturated rings. The minimum absolute atomic E-state index is 0.198. The molecule has 0 aliphatic heterocycles. The zero-order chi connectivity index (χ0) is 28.5. The lowest BCUT2D eigenvalue weighted by atomic mass is 10.1. The Balaban J connectivity index is 1.97. The number of halogens is 1. The SMILES string of the molecule is CCNC(=O)c1cc2c(s1)c(=O)c(C)cn2-c1cc(NS(=O)(=O)NCC)ccc1Oc1c(C)cc(F)cc1C. The highest BCUT2D eigenvalue weighted by molar-refractivity contribution is 7.90. The van der Waals surface area contributed by atoms with Crippen LogP contribution in [0.5, 0.6) is 11.5 Å². The third kappa shape index (κ3) is 5.97. The van der Waals surface area contributed by atoms with Crippen molar-refractivity contribution < 1.29 is 22.3 Å². The lowest BCUT2D eigenvalue weighted by Gasteiger charge is -2.19. The first-order valence-electron chi connectivity index (χ1n) is 12.2. The highest BCUT2D eigenvalue weighted by Crippen LogP contribution is 2.37. The molecule has 1 amide bonds. The molecule has 39 heavy (non-hydrogen) atoms. The Kier molecular flexibility index (Phi) is 8.09. The van der Waals surface area contributed by atoms with Crippen molar-refractivity contribution in [3.8, 4) is 17.2 Å². The number of ether oxygens (including phenoxy) is 1. The number of hydrogen-bond acceptors (Lipinski definition) is 6. The maximum absolute atomic E-state index is 14.0. The summed E-state index contributed by atoms with van der Waals surface area (Å²) in [6, 6.07) is 9.06. The van der Waals surface area contributed by atoms with Gasteiger partial charge in [0.25, 0.3) is 16.1 Å². The van der Waals surface area contributed by atoms with Crippen molar-refractivity contribution in [3.05, 3.63) is 80.2 Å². The number of thiophene rings is 1. The lowest BCUT2D eigenvalue weighted by Crippen LogP contribution is -2.29. The maximum atomic E-state index is 14.0. The normalized spacial score (nSPS) is 11.5. The summed E-state index contributed by atoms with van der Waals surface area (Å²) in [5, 5.41) is 2.75. The molecule has 12 heteroatoms. The first kappa shape index (κ1) is 28.3. The van der Waals surface area contributed by atoms with Gasteiger partial charge in [-0.05, 0) is 75.2 Å². The second kappa shape index (κ2) is 11.2. The number of carbonyl (C=O) groups is 1. The number of nitrogens with zero attached hydrogens (tertiary/aromatic N) is 1. The Bertz CT molecular complexity index is 1720. The van der Waals surface area contributed by atoms with Gasteiger partial charge in [-0.15, -0.1) is 11.3 Å². The number of hydrogen-bond donors (Lipinski definition) is 3. The number of carbonyl (C=O) groups excluding carboxylic acids is 1. The molecule has 3 N–H and O–H groups in total. The molecule has 2 heterocycles. The average molecular weight is 573 g/mol. The van der Waals surface area contributed by atoms with Crippen molar-refractivity contribution in [1.29, 1.82) is 0 Å². The van der Waals surface area contributed by atoms with E-state index in [1.54, 1.807) is 69.6 Å². The molecule has 9 nitrogen and oxygen atoms in total. The fourth-order valence-electron chi connectivity index (χ4n) is 4.19. The predicted molar refractivity (Wildman–Crippen MR) is 152 cm³/mol. The molecule has 0 unspecified atom stereocenters. The molecule has 0 aliphatic carbocycles. The molecular weight excluding hydrogens is 543 g/mol. The van der Waals surface area contributed by atoms with Crippen LogP contribution in [-0.2, 0) is 10.2 Å². The minimum Gasteiger partial charge on any atom is -0.455 e. The zero-order valence-corrected chi connectivity index (χ0v) is 23.8. The van der Waals surface area contributed by atoms with E-state index >= 15 is 0 Å². The van der Waals surface area contributed by atoms with Gasteiger partial charge in [0, 0.05) is 24.8 Å². The zero-order valence-electron chi connectivity index (χ0n) is 22.1. The summed E-state index contributed by atoms with van der Waals surface area (Å²) in [4.78, 5) is 26.0. The van der Waals surface area contributed by atoms with Crippen LogP contribution in [0.25, 0.3) is 15.9 Å². The molecule has 4 aromatic rings. The van der Waals surface area contributed by atoms with E-state index < -0.39 is 10.2 Å². The first-order chi connectivity index (χ1) is 18.4. The molecule has 0 aliphatic rings. The van der Waals surface area contributed by atoms with Crippen LogP contribution >= 0.6 is 11.3 Å². The van der Waals surface area contributed by atoms with Crippen molar-refractivity contribution in [2.24, 2.45) is 0 Å². The Hall–Kier alpha value is -3.74. The molecule has 206 valence electrons. The van der Waals surface area contributed by atoms with Gasteiger partial charge >= 0.3 is 0 Å². The summed E-state index contributed by atoms with van der Waals surface area (Å²) in [6.45, 7) is 9.21. The molecule has 0 spiro atoms. The Morgan fingerprint density at radius 2 is 1.72 bits per heavy atom. The van der Waals surface area contributed by atoms with Crippen LogP contribution in [-0.4, -0.2) is 32.0 Å². The molecular formula is C27H29FN4O5S2. The van der Waals surface area contributed by atoms with Gasteiger partial charge in [0.15, 0.2) is 5.75 Å². The maximum Gasteiger partial charge on any atom is 0.299 e. The third-order valence-electron chi connectivity index (χ3n) is 5.86. The fourth-order valence-corrected chi connectivity index (χ4v) is 6.15. The third-order valence-corrected chi connectivity index (χ3v) is 8.16. The number of benzene rings is 2. The molecule has 0 saturated heterocycles. The van der Waals surface area contributed by atoms with Crippen LogP contribution in [0.2, 0.25) is 0 Å². The minimum atomic E-state index is -3.84. The number of aryl methyl sites for hydroxylation is 3. The largest absolute Gasteiger partial charge is 0.455 e. The van der Waals surface area contributed by atoms with Crippen molar-refractivity contribution in [2.45, 2.75) is 34.6 Å². The topological polar surface area (TPSA) is 119 Å². The van der Waals surface area contributed by atoms with E-state index in [-0.39, 0.29) is 29.4 Å². The summed E-state index contributed by atoms with van der Waals surface area (Å²) in [5.41, 5.74) is 2.47. The van der Waals surface area contributed by atoms with E-state index in [1.807, 2.05) is 0 Å². The van der Waals surface area contributed by atoms with E-state index in [4.69, 9.17) is 4.74 Å². The number of fused-ring (bicyclic) bond motifs is 1. The standard InChI is InChI=1S/C27H29FN4O5S2/c1-6-29-27(34)23-13-21-26(38-23)24(33)17(5)14-32(21)20-12-19(31-39(35,36)30-7-2)8-9-22(20)37-25-15(3)10-18(28)11-16(25)4/h8-14,30-31H,6-7H2,1-5H3,(H,29,34). The summed E-state index contributed by atoms with van der Waals surface area (Å²) in [6.07, 6.45) is 1.62. The Morgan fingerprint density at radius 1 is 1.03 bits per heavy atom. The first-order valence-corrected chi connectivity index (χ1v) is 14.5. The summed E-state index contributed by atoms with van der Waals surface area (Å²) >= 11 is 1.08. The van der Waals surface area contributed by atoms with Gasteiger partial charge in [-0.3, -0.25) is 14.3 Å². The highest BCUT2D eigenvalue weighted by Gasteiger charge is 2.20. The van der Waals surface area contributed by atoms with Gasteiger partial charge in [-0.25, -0.2) is 4.39 Å². The highest BCUT2D eigenvalue weighted by atomic mass is 32.2. The van der Waals surface area contributed by atoms with Crippen molar-refractivity contribution in [3.63, 3.8) is 0 Å². The van der Waals surface area contributed by atoms with Gasteiger partial charge in [0.1, 0.15) is 11.6 Å². The number of rotatable bonds is 9. The second-order valence-corrected chi connectivity index (χ2v) is 11.5. The van der Waals surface area contributed by atoms with Gasteiger partial charge in [-0.1, -0.05) is 6.92 Å². The monoisotopic (exact) mass is 572 g/mol. The quantitative estimate of drug-likeness (QED) is 0.263. The van der Waals surface area contributed by atoms with Gasteiger partial charge in [0.05, 0.1) is 26.5 Å². The summed E-state index contributed by atoms with van der Waals surface area (Å²) in [5.74, 6) is 0.0819. The molecule has 0 bridgehead atoms. The van der Waals surface area contributed by atoms with Crippen LogP contribution in [0.4, 0.5) is 10.1 Å². The number of pyridine rings is 1. The molecule has 2 aromatic carbocycles. The van der Waals surface area contributed by atoms with Crippen molar-refractivity contribution in [2.75, 3.05) is 17.8 Å². The van der Waals surface area contributed by atoms with Crippen LogP contribution < -0.4 is 24.9 Å². The summed E-state index contributed by atoms with van der Waals surface area (Å²) < 4.78 is 52.0. The van der Waals surface area contributed by atoms with E-state index in [0.717, 1.165) is 11.3 Å². The number of amides is 1. The van der Waals surface area contributed by atoms with Crippen LogP contribution in [0, 0.1) is 26.6 Å². The Morgan fingerprint density at radius 3 is 2.36 bits per heavy atom. The van der Waals surface area contributed by atoms with Crippen LogP contribution in [0.1, 0.15) is 40.2 Å². The lowest BCUT2D eigenvalue weighted by molar-refractivity contribution is 0.0960. The molecule has 4 rings (SSSR count). The van der Waals surface area contributed by atoms with Crippen molar-refractivity contribution >= 4 is 43.4 Å². The van der Waals surface area contributed by atoms with Gasteiger partial charge in [-0.2, -0.15) is 13.1 Å². The second-order valence-electron chi connectivity index (χ2n) is 8.95. The Labute approximate surface area is 229 Å². The number of nitrogens with one attached hydrogen (secondary N) is 3. The van der Waals surface area contributed by atoms with Gasteiger partial charge < -0.3 is 14.6 Å².